The standard InChI is InChI=1S/C15H16ClN3O/c1-2-9-19-13(10-3-5-11(16)6-4-10)8-7-12(14(17)18)15(19)20/h3-8H,2,9H2,1H3,(H3,17,18). The molecule has 0 bridgehead atoms. The molecule has 3 N–H and O–H groups in total. The second-order valence-corrected chi connectivity index (χ2v) is 4.95. The molecule has 20 heavy (non-hydrogen) atoms. The quantitative estimate of drug-likeness (QED) is 0.671. The summed E-state index contributed by atoms with van der Waals surface area (Å²) in [6.45, 7) is 2.58. The van der Waals surface area contributed by atoms with Crippen molar-refractivity contribution in [1.82, 2.24) is 4.57 Å². The highest BCUT2D eigenvalue weighted by atomic mass is 35.5. The van der Waals surface area contributed by atoms with Crippen molar-refractivity contribution in [3.05, 3.63) is 57.3 Å². The van der Waals surface area contributed by atoms with Gasteiger partial charge in [-0.15, -0.1) is 0 Å². The molecule has 0 unspecified atom stereocenters. The highest BCUT2D eigenvalue weighted by Gasteiger charge is 2.11. The molecule has 104 valence electrons. The third-order valence-electron chi connectivity index (χ3n) is 3.05. The number of hydrogen-bond acceptors (Lipinski definition) is 2. The summed E-state index contributed by atoms with van der Waals surface area (Å²) >= 11 is 5.88. The molecule has 0 radical (unpaired) electrons. The van der Waals surface area contributed by atoms with E-state index in [1.165, 1.54) is 0 Å². The molecule has 2 rings (SSSR count). The Morgan fingerprint density at radius 1 is 1.25 bits per heavy atom. The van der Waals surface area contributed by atoms with Crippen LogP contribution in [0.1, 0.15) is 18.9 Å². The van der Waals surface area contributed by atoms with E-state index in [1.54, 1.807) is 22.8 Å². The zero-order valence-corrected chi connectivity index (χ0v) is 11.9. The van der Waals surface area contributed by atoms with Crippen LogP contribution in [0.15, 0.2) is 41.2 Å². The molecule has 0 fully saturated rings. The van der Waals surface area contributed by atoms with Crippen LogP contribution in [-0.4, -0.2) is 10.4 Å². The molecule has 0 aliphatic carbocycles. The highest BCUT2D eigenvalue weighted by molar-refractivity contribution is 6.30. The van der Waals surface area contributed by atoms with E-state index < -0.39 is 0 Å². The molecular formula is C15H16ClN3O. The van der Waals surface area contributed by atoms with Crippen LogP contribution in [0.2, 0.25) is 5.02 Å². The minimum absolute atomic E-state index is 0.206. The fraction of sp³-hybridized carbons (Fsp3) is 0.200. The molecule has 4 nitrogen and oxygen atoms in total. The molecule has 0 atom stereocenters. The van der Waals surface area contributed by atoms with Crippen molar-refractivity contribution in [2.45, 2.75) is 19.9 Å². The number of amidine groups is 1. The van der Waals surface area contributed by atoms with Crippen molar-refractivity contribution in [2.75, 3.05) is 0 Å². The molecule has 0 spiro atoms. The van der Waals surface area contributed by atoms with E-state index in [-0.39, 0.29) is 17.0 Å². The molecular weight excluding hydrogens is 274 g/mol. The number of pyridine rings is 1. The number of aromatic nitrogens is 1. The van der Waals surface area contributed by atoms with Crippen LogP contribution in [0.5, 0.6) is 0 Å². The second-order valence-electron chi connectivity index (χ2n) is 4.51. The van der Waals surface area contributed by atoms with Gasteiger partial charge in [0.15, 0.2) is 0 Å². The van der Waals surface area contributed by atoms with Gasteiger partial charge in [-0.3, -0.25) is 10.2 Å². The Kier molecular flexibility index (Phi) is 4.25. The molecule has 5 heteroatoms. The van der Waals surface area contributed by atoms with Crippen LogP contribution >= 0.6 is 11.6 Å². The van der Waals surface area contributed by atoms with Gasteiger partial charge in [0.25, 0.3) is 5.56 Å². The summed E-state index contributed by atoms with van der Waals surface area (Å²) in [6.07, 6.45) is 0.821. The van der Waals surface area contributed by atoms with Gasteiger partial charge in [-0.1, -0.05) is 30.7 Å². The molecule has 0 saturated heterocycles. The van der Waals surface area contributed by atoms with E-state index >= 15 is 0 Å². The Morgan fingerprint density at radius 2 is 1.90 bits per heavy atom. The van der Waals surface area contributed by atoms with Crippen LogP contribution < -0.4 is 11.3 Å². The van der Waals surface area contributed by atoms with Crippen LogP contribution in [0.3, 0.4) is 0 Å². The summed E-state index contributed by atoms with van der Waals surface area (Å²) in [5.41, 5.74) is 7.16. The zero-order chi connectivity index (χ0) is 14.7. The molecule has 0 saturated carbocycles. The van der Waals surface area contributed by atoms with E-state index in [1.807, 2.05) is 25.1 Å². The third kappa shape index (κ3) is 2.75. The smallest absolute Gasteiger partial charge is 0.262 e. The van der Waals surface area contributed by atoms with Crippen LogP contribution in [0.4, 0.5) is 0 Å². The Morgan fingerprint density at radius 3 is 2.45 bits per heavy atom. The molecule has 0 aliphatic heterocycles. The maximum absolute atomic E-state index is 12.4. The first-order chi connectivity index (χ1) is 9.54. The van der Waals surface area contributed by atoms with E-state index in [2.05, 4.69) is 0 Å². The van der Waals surface area contributed by atoms with E-state index in [0.29, 0.717) is 11.6 Å². The molecule has 0 amide bonds. The number of benzene rings is 1. The van der Waals surface area contributed by atoms with Crippen molar-refractivity contribution in [3.8, 4) is 11.3 Å². The average Bonchev–Trinajstić information content (AvgIpc) is 2.42. The monoisotopic (exact) mass is 289 g/mol. The first-order valence-corrected chi connectivity index (χ1v) is 6.76. The van der Waals surface area contributed by atoms with Crippen molar-refractivity contribution in [2.24, 2.45) is 5.73 Å². The molecule has 0 aliphatic rings. The second kappa shape index (κ2) is 5.92. The van der Waals surface area contributed by atoms with Crippen LogP contribution in [-0.2, 0) is 6.54 Å². The molecule has 2 aromatic rings. The lowest BCUT2D eigenvalue weighted by molar-refractivity contribution is 0.660. The van der Waals surface area contributed by atoms with Gasteiger partial charge in [-0.05, 0) is 36.2 Å². The number of hydrogen-bond donors (Lipinski definition) is 2. The van der Waals surface area contributed by atoms with Gasteiger partial charge in [-0.25, -0.2) is 0 Å². The number of nitrogens with two attached hydrogens (primary N) is 1. The van der Waals surface area contributed by atoms with Crippen LogP contribution in [0.25, 0.3) is 11.3 Å². The summed E-state index contributed by atoms with van der Waals surface area (Å²) < 4.78 is 1.65. The maximum Gasteiger partial charge on any atom is 0.262 e. The van der Waals surface area contributed by atoms with Crippen LogP contribution in [0, 0.1) is 5.41 Å². The fourth-order valence-corrected chi connectivity index (χ4v) is 2.23. The Hall–Kier alpha value is -2.07. The number of nitrogens with zero attached hydrogens (tertiary/aromatic N) is 1. The highest BCUT2D eigenvalue weighted by Crippen LogP contribution is 2.21. The SMILES string of the molecule is CCCn1c(-c2ccc(Cl)cc2)ccc(C(=N)N)c1=O. The number of halogens is 1. The minimum atomic E-state index is -0.230. The first-order valence-electron chi connectivity index (χ1n) is 6.38. The van der Waals surface area contributed by atoms with Crippen molar-refractivity contribution in [1.29, 1.82) is 5.41 Å². The van der Waals surface area contributed by atoms with Gasteiger partial charge in [0.2, 0.25) is 0 Å². The fourth-order valence-electron chi connectivity index (χ4n) is 2.10. The van der Waals surface area contributed by atoms with Gasteiger partial charge in [0, 0.05) is 11.6 Å². The predicted octanol–water partition coefficient (Wildman–Crippen LogP) is 2.86. The maximum atomic E-state index is 12.4. The van der Waals surface area contributed by atoms with Crippen molar-refractivity contribution in [3.63, 3.8) is 0 Å². The van der Waals surface area contributed by atoms with E-state index in [0.717, 1.165) is 17.7 Å². The topological polar surface area (TPSA) is 71.9 Å². The molecule has 1 heterocycles. The van der Waals surface area contributed by atoms with Gasteiger partial charge in [0.1, 0.15) is 5.84 Å². The zero-order valence-electron chi connectivity index (χ0n) is 11.2. The minimum Gasteiger partial charge on any atom is -0.384 e. The summed E-state index contributed by atoms with van der Waals surface area (Å²) in [7, 11) is 0. The summed E-state index contributed by atoms with van der Waals surface area (Å²) in [6, 6.07) is 10.7. The normalized spacial score (nSPS) is 10.5. The number of nitrogens with one attached hydrogen (secondary N) is 1. The summed E-state index contributed by atoms with van der Waals surface area (Å²) in [5.74, 6) is -0.206. The average molecular weight is 290 g/mol. The Labute approximate surface area is 122 Å². The number of nitrogen functional groups attached to an aromatic ring is 1. The van der Waals surface area contributed by atoms with Gasteiger partial charge in [-0.2, -0.15) is 0 Å². The predicted molar refractivity (Wildman–Crippen MR) is 82.5 cm³/mol. The van der Waals surface area contributed by atoms with E-state index in [4.69, 9.17) is 22.7 Å². The summed E-state index contributed by atoms with van der Waals surface area (Å²) in [5, 5.41) is 8.11. The lowest BCUT2D eigenvalue weighted by Gasteiger charge is -2.14. The van der Waals surface area contributed by atoms with Gasteiger partial charge >= 0.3 is 0 Å². The third-order valence-corrected chi connectivity index (χ3v) is 3.30. The van der Waals surface area contributed by atoms with Crippen molar-refractivity contribution < 1.29 is 0 Å². The van der Waals surface area contributed by atoms with Crippen molar-refractivity contribution >= 4 is 17.4 Å². The molecule has 1 aromatic heterocycles. The summed E-state index contributed by atoms with van der Waals surface area (Å²) in [4.78, 5) is 12.4. The molecule has 1 aromatic carbocycles. The Balaban J connectivity index is 2.64. The van der Waals surface area contributed by atoms with Gasteiger partial charge in [0.05, 0.1) is 11.3 Å². The lowest BCUT2D eigenvalue weighted by atomic mass is 10.1. The largest absolute Gasteiger partial charge is 0.384 e. The lowest BCUT2D eigenvalue weighted by Crippen LogP contribution is -2.30. The number of rotatable bonds is 4. The van der Waals surface area contributed by atoms with E-state index in [9.17, 15) is 4.79 Å². The first kappa shape index (κ1) is 14.3. The Bertz CT molecular complexity index is 689. The van der Waals surface area contributed by atoms with Gasteiger partial charge < -0.3 is 10.3 Å².